The molecule has 0 amide bonds. The normalized spacial score (nSPS) is 21.5. The number of hydrogen-bond acceptors (Lipinski definition) is 8. The average Bonchev–Trinajstić information content (AvgIpc) is 2.95. The Labute approximate surface area is 236 Å². The van der Waals surface area contributed by atoms with Crippen molar-refractivity contribution in [1.29, 1.82) is 5.26 Å². The van der Waals surface area contributed by atoms with Crippen molar-refractivity contribution in [2.75, 3.05) is 50.8 Å². The Balaban J connectivity index is 1.48. The molecule has 9 nitrogen and oxygen atoms in total. The van der Waals surface area contributed by atoms with E-state index in [0.29, 0.717) is 43.0 Å². The summed E-state index contributed by atoms with van der Waals surface area (Å²) in [6.45, 7) is 9.06. The molecule has 41 heavy (non-hydrogen) atoms. The van der Waals surface area contributed by atoms with E-state index in [0.717, 1.165) is 25.2 Å². The molecule has 0 spiro atoms. The first kappa shape index (κ1) is 28.9. The van der Waals surface area contributed by atoms with E-state index in [-0.39, 0.29) is 35.1 Å². The van der Waals surface area contributed by atoms with Crippen LogP contribution in [0, 0.1) is 11.3 Å². The average molecular weight is 571 g/mol. The van der Waals surface area contributed by atoms with Crippen LogP contribution in [0.1, 0.15) is 31.1 Å². The molecular weight excluding hydrogens is 537 g/mol. The fourth-order valence-corrected chi connectivity index (χ4v) is 5.85. The molecule has 2 fully saturated rings. The second kappa shape index (κ2) is 11.7. The van der Waals surface area contributed by atoms with Crippen molar-refractivity contribution in [3.8, 4) is 11.8 Å². The van der Waals surface area contributed by atoms with Crippen LogP contribution >= 0.6 is 0 Å². The van der Waals surface area contributed by atoms with Crippen LogP contribution in [-0.2, 0) is 11.8 Å². The number of benzene rings is 1. The first-order valence-electron chi connectivity index (χ1n) is 13.6. The van der Waals surface area contributed by atoms with Gasteiger partial charge in [0.1, 0.15) is 23.0 Å². The molecule has 1 aromatic carbocycles. The number of nitrogens with zero attached hydrogens (tertiary/aromatic N) is 6. The lowest BCUT2D eigenvalue weighted by Crippen LogP contribution is -2.61. The third kappa shape index (κ3) is 6.32. The van der Waals surface area contributed by atoms with E-state index < -0.39 is 6.36 Å². The number of piperazine rings is 1. The van der Waals surface area contributed by atoms with Gasteiger partial charge in [-0.2, -0.15) is 5.26 Å². The van der Waals surface area contributed by atoms with Crippen molar-refractivity contribution in [3.05, 3.63) is 64.1 Å². The zero-order valence-corrected chi connectivity index (χ0v) is 23.3. The smallest absolute Gasteiger partial charge is 0.406 e. The minimum Gasteiger partial charge on any atom is -0.406 e. The van der Waals surface area contributed by atoms with E-state index in [1.165, 1.54) is 16.7 Å². The summed E-state index contributed by atoms with van der Waals surface area (Å²) in [5.41, 5.74) is 2.95. The largest absolute Gasteiger partial charge is 0.573 e. The molecule has 2 aliphatic heterocycles. The summed E-state index contributed by atoms with van der Waals surface area (Å²) < 4.78 is 49.2. The molecule has 4 heterocycles. The topological polar surface area (TPSA) is 86.9 Å². The maximum Gasteiger partial charge on any atom is 0.573 e. The van der Waals surface area contributed by atoms with Crippen LogP contribution < -0.4 is 15.2 Å². The van der Waals surface area contributed by atoms with Crippen LogP contribution in [0.15, 0.2) is 47.3 Å². The van der Waals surface area contributed by atoms with Crippen LogP contribution in [0.5, 0.6) is 5.75 Å². The van der Waals surface area contributed by atoms with Crippen molar-refractivity contribution in [2.45, 2.75) is 38.3 Å². The van der Waals surface area contributed by atoms with Crippen LogP contribution in [0.2, 0.25) is 0 Å². The predicted octanol–water partition coefficient (Wildman–Crippen LogP) is 3.68. The first-order chi connectivity index (χ1) is 19.5. The quantitative estimate of drug-likeness (QED) is 0.444. The number of alkyl halides is 3. The van der Waals surface area contributed by atoms with Gasteiger partial charge in [-0.1, -0.05) is 12.1 Å². The minimum absolute atomic E-state index is 0.0194. The molecule has 0 aliphatic carbocycles. The Morgan fingerprint density at radius 2 is 1.85 bits per heavy atom. The summed E-state index contributed by atoms with van der Waals surface area (Å²) in [5, 5.41) is 9.49. The van der Waals surface area contributed by atoms with Gasteiger partial charge in [0.25, 0.3) is 5.56 Å². The van der Waals surface area contributed by atoms with Crippen molar-refractivity contribution in [3.63, 3.8) is 0 Å². The predicted molar refractivity (Wildman–Crippen MR) is 148 cm³/mol. The van der Waals surface area contributed by atoms with E-state index in [1.807, 2.05) is 0 Å². The molecule has 0 radical (unpaired) electrons. The van der Waals surface area contributed by atoms with Gasteiger partial charge in [-0.3, -0.25) is 14.6 Å². The Hall–Kier alpha value is -3.66. The number of aromatic nitrogens is 2. The zero-order valence-electron chi connectivity index (χ0n) is 23.3. The van der Waals surface area contributed by atoms with E-state index in [2.05, 4.69) is 44.3 Å². The van der Waals surface area contributed by atoms with Gasteiger partial charge in [0.2, 0.25) is 0 Å². The summed E-state index contributed by atoms with van der Waals surface area (Å²) >= 11 is 0. The highest BCUT2D eigenvalue weighted by atomic mass is 19.4. The van der Waals surface area contributed by atoms with E-state index in [4.69, 9.17) is 4.74 Å². The third-order valence-corrected chi connectivity index (χ3v) is 8.04. The number of nitriles is 1. The molecule has 12 heteroatoms. The van der Waals surface area contributed by atoms with Gasteiger partial charge in [-0.15, -0.1) is 13.2 Å². The highest BCUT2D eigenvalue weighted by Gasteiger charge is 2.37. The van der Waals surface area contributed by atoms with Crippen LogP contribution in [-0.4, -0.2) is 83.7 Å². The number of hydrogen-bond donors (Lipinski definition) is 0. The second-order valence-corrected chi connectivity index (χ2v) is 10.7. The number of fused-ring (bicyclic) bond motifs is 1. The van der Waals surface area contributed by atoms with Gasteiger partial charge in [0.05, 0.1) is 24.4 Å². The van der Waals surface area contributed by atoms with Gasteiger partial charge in [0.15, 0.2) is 0 Å². The summed E-state index contributed by atoms with van der Waals surface area (Å²) in [6, 6.07) is 13.0. The van der Waals surface area contributed by atoms with Crippen molar-refractivity contribution < 1.29 is 22.6 Å². The summed E-state index contributed by atoms with van der Waals surface area (Å²) in [7, 11) is 1.69. The molecular formula is C29H33F3N6O3. The van der Waals surface area contributed by atoms with E-state index in [1.54, 1.807) is 37.4 Å². The SMILES string of the molecule is CC(c1ccc(OC(F)(F)F)cc1)N1C[C@H](C)N(c2cc(=O)n(C)c3ccc(C#N)nc23)CC1CN1CCOCC1. The fraction of sp³-hybridized carbons (Fsp3) is 0.483. The summed E-state index contributed by atoms with van der Waals surface area (Å²) in [5.74, 6) is -0.252. The number of aryl methyl sites for hydroxylation is 1. The maximum atomic E-state index is 13.0. The highest BCUT2D eigenvalue weighted by molar-refractivity contribution is 5.89. The zero-order chi connectivity index (χ0) is 29.3. The Morgan fingerprint density at radius 3 is 2.51 bits per heavy atom. The Kier molecular flexibility index (Phi) is 8.22. The summed E-state index contributed by atoms with van der Waals surface area (Å²) in [4.78, 5) is 24.5. The maximum absolute atomic E-state index is 13.0. The molecule has 218 valence electrons. The molecule has 3 aromatic rings. The third-order valence-electron chi connectivity index (χ3n) is 8.04. The van der Waals surface area contributed by atoms with Crippen molar-refractivity contribution in [2.24, 2.45) is 7.05 Å². The number of rotatable bonds is 6. The Bertz CT molecular complexity index is 1480. The monoisotopic (exact) mass is 570 g/mol. The van der Waals surface area contributed by atoms with E-state index >= 15 is 0 Å². The first-order valence-corrected chi connectivity index (χ1v) is 13.6. The lowest BCUT2D eigenvalue weighted by molar-refractivity contribution is -0.274. The number of anilines is 1. The number of morpholine rings is 1. The van der Waals surface area contributed by atoms with Gasteiger partial charge in [0, 0.05) is 64.0 Å². The second-order valence-electron chi connectivity index (χ2n) is 10.7. The molecule has 2 saturated heterocycles. The molecule has 3 atom stereocenters. The standard InChI is InChI=1S/C29H33F3N6O3/c1-19-16-38(20(2)21-4-7-24(8-5-21)41-29(30,31)32)23(17-36-10-12-40-13-11-36)18-37(19)26-14-27(39)35(3)25-9-6-22(15-33)34-28(25)26/h4-9,14,19-20,23H,10-13,16-18H2,1-3H3/t19-,20?,23?/m0/s1. The van der Waals surface area contributed by atoms with Gasteiger partial charge >= 0.3 is 6.36 Å². The summed E-state index contributed by atoms with van der Waals surface area (Å²) in [6.07, 6.45) is -4.74. The lowest BCUT2D eigenvalue weighted by atomic mass is 9.98. The van der Waals surface area contributed by atoms with Crippen LogP contribution in [0.4, 0.5) is 18.9 Å². The van der Waals surface area contributed by atoms with Crippen molar-refractivity contribution in [1.82, 2.24) is 19.4 Å². The Morgan fingerprint density at radius 1 is 1.15 bits per heavy atom. The van der Waals surface area contributed by atoms with Crippen LogP contribution in [0.25, 0.3) is 11.0 Å². The molecule has 0 N–H and O–H groups in total. The molecule has 5 rings (SSSR count). The highest BCUT2D eigenvalue weighted by Crippen LogP contribution is 2.34. The van der Waals surface area contributed by atoms with Crippen LogP contribution in [0.3, 0.4) is 0 Å². The molecule has 0 saturated carbocycles. The molecule has 2 aliphatic rings. The van der Waals surface area contributed by atoms with Gasteiger partial charge in [-0.25, -0.2) is 4.98 Å². The molecule has 2 unspecified atom stereocenters. The van der Waals surface area contributed by atoms with E-state index in [9.17, 15) is 23.2 Å². The molecule has 2 aromatic heterocycles. The minimum atomic E-state index is -4.74. The molecule has 0 bridgehead atoms. The number of pyridine rings is 2. The fourth-order valence-electron chi connectivity index (χ4n) is 5.85. The number of ether oxygens (including phenoxy) is 2. The van der Waals surface area contributed by atoms with Gasteiger partial charge in [-0.05, 0) is 43.7 Å². The lowest BCUT2D eigenvalue weighted by Gasteiger charge is -2.50. The number of halogens is 3. The van der Waals surface area contributed by atoms with Crippen molar-refractivity contribution >= 4 is 16.7 Å². The van der Waals surface area contributed by atoms with Gasteiger partial charge < -0.3 is 18.9 Å².